The highest BCUT2D eigenvalue weighted by molar-refractivity contribution is 7.80. The standard InChI is InChI=1S/C23H25N3S/c1-17-7-10-20(11-8-17)15-26(16-22-6-4-5-13-24-22)23(27)25-21-12-9-18(2)19(3)14-21/h4-14H,15-16H2,1-3H3,(H,25,27). The van der Waals surface area contributed by atoms with Crippen molar-refractivity contribution in [1.82, 2.24) is 9.88 Å². The minimum absolute atomic E-state index is 0.658. The zero-order valence-electron chi connectivity index (χ0n) is 16.1. The van der Waals surface area contributed by atoms with Gasteiger partial charge in [-0.15, -0.1) is 0 Å². The fourth-order valence-corrected chi connectivity index (χ4v) is 3.07. The molecule has 0 aliphatic heterocycles. The number of pyridine rings is 1. The molecule has 0 saturated heterocycles. The van der Waals surface area contributed by atoms with E-state index >= 15 is 0 Å². The summed E-state index contributed by atoms with van der Waals surface area (Å²) < 4.78 is 0. The fourth-order valence-electron chi connectivity index (χ4n) is 2.82. The van der Waals surface area contributed by atoms with E-state index in [1.165, 1.54) is 22.3 Å². The number of nitrogens with one attached hydrogen (secondary N) is 1. The predicted molar refractivity (Wildman–Crippen MR) is 117 cm³/mol. The van der Waals surface area contributed by atoms with Crippen molar-refractivity contribution in [1.29, 1.82) is 0 Å². The number of hydrogen-bond donors (Lipinski definition) is 1. The number of aryl methyl sites for hydroxylation is 3. The molecule has 0 fully saturated rings. The largest absolute Gasteiger partial charge is 0.339 e. The molecule has 4 heteroatoms. The van der Waals surface area contributed by atoms with E-state index < -0.39 is 0 Å². The first-order valence-electron chi connectivity index (χ1n) is 9.10. The van der Waals surface area contributed by atoms with Crippen LogP contribution < -0.4 is 5.32 Å². The maximum atomic E-state index is 5.74. The second kappa shape index (κ2) is 8.78. The van der Waals surface area contributed by atoms with Crippen molar-refractivity contribution in [2.45, 2.75) is 33.9 Å². The van der Waals surface area contributed by atoms with Crippen molar-refractivity contribution in [3.63, 3.8) is 0 Å². The third-order valence-electron chi connectivity index (χ3n) is 4.62. The monoisotopic (exact) mass is 375 g/mol. The molecule has 3 aromatic rings. The normalized spacial score (nSPS) is 10.5. The summed E-state index contributed by atoms with van der Waals surface area (Å²) in [6.45, 7) is 7.71. The average molecular weight is 376 g/mol. The van der Waals surface area contributed by atoms with Crippen molar-refractivity contribution in [3.8, 4) is 0 Å². The third kappa shape index (κ3) is 5.38. The molecule has 3 nitrogen and oxygen atoms in total. The van der Waals surface area contributed by atoms with E-state index in [0.717, 1.165) is 17.9 Å². The lowest BCUT2D eigenvalue weighted by Crippen LogP contribution is -2.34. The van der Waals surface area contributed by atoms with Gasteiger partial charge in [-0.2, -0.15) is 0 Å². The quantitative estimate of drug-likeness (QED) is 0.604. The summed E-state index contributed by atoms with van der Waals surface area (Å²) in [6.07, 6.45) is 1.82. The SMILES string of the molecule is Cc1ccc(CN(Cc2ccccn2)C(=S)Nc2ccc(C)c(C)c2)cc1. The third-order valence-corrected chi connectivity index (χ3v) is 4.98. The van der Waals surface area contributed by atoms with Crippen molar-refractivity contribution >= 4 is 23.0 Å². The Morgan fingerprint density at radius 3 is 2.37 bits per heavy atom. The molecule has 0 saturated carbocycles. The molecule has 1 N–H and O–H groups in total. The Morgan fingerprint density at radius 1 is 0.926 bits per heavy atom. The number of anilines is 1. The molecule has 2 aromatic carbocycles. The zero-order chi connectivity index (χ0) is 19.2. The van der Waals surface area contributed by atoms with E-state index in [1.54, 1.807) is 0 Å². The molecular formula is C23H25N3S. The van der Waals surface area contributed by atoms with Gasteiger partial charge < -0.3 is 10.2 Å². The lowest BCUT2D eigenvalue weighted by Gasteiger charge is -2.26. The second-order valence-corrected chi connectivity index (χ2v) is 7.28. The first-order valence-corrected chi connectivity index (χ1v) is 9.51. The number of hydrogen-bond acceptors (Lipinski definition) is 2. The lowest BCUT2D eigenvalue weighted by atomic mass is 10.1. The lowest BCUT2D eigenvalue weighted by molar-refractivity contribution is 0.407. The van der Waals surface area contributed by atoms with Crippen LogP contribution in [-0.2, 0) is 13.1 Å². The molecule has 0 bridgehead atoms. The van der Waals surface area contributed by atoms with Crippen LogP contribution in [0.3, 0.4) is 0 Å². The summed E-state index contributed by atoms with van der Waals surface area (Å²) in [5, 5.41) is 4.09. The van der Waals surface area contributed by atoms with Crippen LogP contribution in [0.2, 0.25) is 0 Å². The van der Waals surface area contributed by atoms with Crippen LogP contribution in [0, 0.1) is 20.8 Å². The molecule has 1 aromatic heterocycles. The summed E-state index contributed by atoms with van der Waals surface area (Å²) in [4.78, 5) is 6.61. The molecule has 0 spiro atoms. The van der Waals surface area contributed by atoms with Gasteiger partial charge in [0.1, 0.15) is 0 Å². The Balaban J connectivity index is 1.79. The molecule has 0 atom stereocenters. The first kappa shape index (κ1) is 19.1. The van der Waals surface area contributed by atoms with Gasteiger partial charge in [0.2, 0.25) is 0 Å². The van der Waals surface area contributed by atoms with E-state index in [-0.39, 0.29) is 0 Å². The minimum atomic E-state index is 0.658. The van der Waals surface area contributed by atoms with Crippen LogP contribution in [-0.4, -0.2) is 15.0 Å². The highest BCUT2D eigenvalue weighted by Crippen LogP contribution is 2.17. The van der Waals surface area contributed by atoms with E-state index in [1.807, 2.05) is 24.4 Å². The molecular weight excluding hydrogens is 350 g/mol. The van der Waals surface area contributed by atoms with Gasteiger partial charge in [0, 0.05) is 18.4 Å². The Labute approximate surface area is 167 Å². The number of benzene rings is 2. The molecule has 3 rings (SSSR count). The number of rotatable bonds is 5. The predicted octanol–water partition coefficient (Wildman–Crippen LogP) is 5.41. The summed E-state index contributed by atoms with van der Waals surface area (Å²) >= 11 is 5.74. The summed E-state index contributed by atoms with van der Waals surface area (Å²) in [6, 6.07) is 20.8. The second-order valence-electron chi connectivity index (χ2n) is 6.89. The Morgan fingerprint density at radius 2 is 1.70 bits per heavy atom. The highest BCUT2D eigenvalue weighted by atomic mass is 32.1. The summed E-state index contributed by atoms with van der Waals surface area (Å²) in [5.74, 6) is 0. The van der Waals surface area contributed by atoms with Crippen LogP contribution in [0.25, 0.3) is 0 Å². The summed E-state index contributed by atoms with van der Waals surface area (Å²) in [7, 11) is 0. The topological polar surface area (TPSA) is 28.2 Å². The number of nitrogens with zero attached hydrogens (tertiary/aromatic N) is 2. The molecule has 0 amide bonds. The molecule has 0 aliphatic carbocycles. The van der Waals surface area contributed by atoms with Crippen LogP contribution in [0.15, 0.2) is 66.9 Å². The van der Waals surface area contributed by atoms with Gasteiger partial charge in [0.05, 0.1) is 12.2 Å². The average Bonchev–Trinajstić information content (AvgIpc) is 2.67. The zero-order valence-corrected chi connectivity index (χ0v) is 16.9. The van der Waals surface area contributed by atoms with Crippen molar-refractivity contribution in [2.24, 2.45) is 0 Å². The number of aromatic nitrogens is 1. The van der Waals surface area contributed by atoms with Crippen LogP contribution >= 0.6 is 12.2 Å². The molecule has 138 valence electrons. The van der Waals surface area contributed by atoms with E-state index in [9.17, 15) is 0 Å². The Hall–Kier alpha value is -2.72. The first-order chi connectivity index (χ1) is 13.0. The molecule has 0 aliphatic rings. The van der Waals surface area contributed by atoms with Crippen molar-refractivity contribution < 1.29 is 0 Å². The maximum Gasteiger partial charge on any atom is 0.174 e. The minimum Gasteiger partial charge on any atom is -0.339 e. The van der Waals surface area contributed by atoms with Gasteiger partial charge in [0.15, 0.2) is 5.11 Å². The van der Waals surface area contributed by atoms with Crippen LogP contribution in [0.1, 0.15) is 27.9 Å². The van der Waals surface area contributed by atoms with Gasteiger partial charge in [-0.3, -0.25) is 4.98 Å². The van der Waals surface area contributed by atoms with Gasteiger partial charge in [-0.05, 0) is 73.9 Å². The van der Waals surface area contributed by atoms with Crippen molar-refractivity contribution in [2.75, 3.05) is 5.32 Å². The Bertz CT molecular complexity index is 905. The van der Waals surface area contributed by atoms with Gasteiger partial charge in [-0.1, -0.05) is 42.0 Å². The van der Waals surface area contributed by atoms with E-state index in [0.29, 0.717) is 11.7 Å². The fraction of sp³-hybridized carbons (Fsp3) is 0.217. The maximum absolute atomic E-state index is 5.74. The van der Waals surface area contributed by atoms with Gasteiger partial charge in [-0.25, -0.2) is 0 Å². The molecule has 0 unspecified atom stereocenters. The van der Waals surface area contributed by atoms with E-state index in [4.69, 9.17) is 12.2 Å². The molecule has 1 heterocycles. The molecule has 0 radical (unpaired) electrons. The van der Waals surface area contributed by atoms with Gasteiger partial charge in [0.25, 0.3) is 0 Å². The van der Waals surface area contributed by atoms with Crippen LogP contribution in [0.4, 0.5) is 5.69 Å². The van der Waals surface area contributed by atoms with Crippen LogP contribution in [0.5, 0.6) is 0 Å². The van der Waals surface area contributed by atoms with Crippen molar-refractivity contribution in [3.05, 3.63) is 94.8 Å². The number of thiocarbonyl (C=S) groups is 1. The highest BCUT2D eigenvalue weighted by Gasteiger charge is 2.13. The van der Waals surface area contributed by atoms with E-state index in [2.05, 4.69) is 78.4 Å². The molecule has 27 heavy (non-hydrogen) atoms. The summed E-state index contributed by atoms with van der Waals surface area (Å²) in [5.41, 5.74) is 7.01. The Kier molecular flexibility index (Phi) is 6.20. The smallest absolute Gasteiger partial charge is 0.174 e. The van der Waals surface area contributed by atoms with Gasteiger partial charge >= 0.3 is 0 Å².